The van der Waals surface area contributed by atoms with Crippen LogP contribution in [0, 0.1) is 0 Å². The first kappa shape index (κ1) is 17.1. The Hall–Kier alpha value is -0.910. The fourth-order valence-corrected chi connectivity index (χ4v) is 3.39. The molecule has 0 radical (unpaired) electrons. The minimum absolute atomic E-state index is 0.175. The van der Waals surface area contributed by atoms with Gasteiger partial charge in [0, 0.05) is 23.6 Å². The Morgan fingerprint density at radius 2 is 1.90 bits per heavy atom. The van der Waals surface area contributed by atoms with Crippen LogP contribution in [0.5, 0.6) is 0 Å². The summed E-state index contributed by atoms with van der Waals surface area (Å²) in [5.74, 6) is -0.0703. The van der Waals surface area contributed by atoms with Crippen molar-refractivity contribution in [3.8, 4) is 0 Å². The lowest BCUT2D eigenvalue weighted by atomic mass is 9.93. The van der Waals surface area contributed by atoms with Gasteiger partial charge in [0.25, 0.3) is 0 Å². The number of thioether (sulfide) groups is 1. The lowest BCUT2D eigenvalue weighted by Crippen LogP contribution is -2.57. The van der Waals surface area contributed by atoms with E-state index in [1.807, 2.05) is 11.8 Å². The molecule has 0 aromatic carbocycles. The Morgan fingerprint density at radius 1 is 1.30 bits per heavy atom. The zero-order chi connectivity index (χ0) is 15.4. The van der Waals surface area contributed by atoms with Gasteiger partial charge in [0.05, 0.1) is 0 Å². The Balaban J connectivity index is 2.72. The van der Waals surface area contributed by atoms with Crippen LogP contribution in [0.2, 0.25) is 0 Å². The third-order valence-corrected chi connectivity index (χ3v) is 5.46. The zero-order valence-corrected chi connectivity index (χ0v) is 13.7. The number of hydrogen-bond acceptors (Lipinski definition) is 3. The molecule has 6 heteroatoms. The van der Waals surface area contributed by atoms with Gasteiger partial charge >= 0.3 is 12.0 Å². The van der Waals surface area contributed by atoms with E-state index < -0.39 is 11.5 Å². The average Bonchev–Trinajstić information content (AvgIpc) is 2.56. The Morgan fingerprint density at radius 3 is 2.40 bits per heavy atom. The van der Waals surface area contributed by atoms with Gasteiger partial charge in [0.2, 0.25) is 0 Å². The maximum atomic E-state index is 12.3. The van der Waals surface area contributed by atoms with Gasteiger partial charge in [-0.05, 0) is 19.3 Å². The van der Waals surface area contributed by atoms with E-state index >= 15 is 0 Å². The van der Waals surface area contributed by atoms with Crippen LogP contribution in [-0.2, 0) is 4.79 Å². The molecule has 1 fully saturated rings. The third-order valence-electron chi connectivity index (χ3n) is 4.09. The van der Waals surface area contributed by atoms with E-state index in [9.17, 15) is 14.7 Å². The molecule has 0 aliphatic carbocycles. The number of hydrogen-bond donors (Lipinski definition) is 2. The fraction of sp³-hybridized carbons (Fsp3) is 0.857. The van der Waals surface area contributed by atoms with E-state index in [1.54, 1.807) is 18.7 Å². The second-order valence-electron chi connectivity index (χ2n) is 5.87. The van der Waals surface area contributed by atoms with E-state index in [4.69, 9.17) is 0 Å². The molecule has 0 unspecified atom stereocenters. The minimum atomic E-state index is -1.15. The van der Waals surface area contributed by atoms with Gasteiger partial charge in [-0.1, -0.05) is 27.7 Å². The maximum Gasteiger partial charge on any atom is 0.329 e. The minimum Gasteiger partial charge on any atom is -0.480 e. The molecule has 5 nitrogen and oxygen atoms in total. The highest BCUT2D eigenvalue weighted by Gasteiger charge is 2.38. The van der Waals surface area contributed by atoms with Crippen molar-refractivity contribution in [2.45, 2.75) is 57.2 Å². The number of amides is 2. The number of aliphatic carboxylic acids is 1. The smallest absolute Gasteiger partial charge is 0.329 e. The van der Waals surface area contributed by atoms with Crippen LogP contribution in [0.4, 0.5) is 4.79 Å². The quantitative estimate of drug-likeness (QED) is 0.837. The molecule has 1 rings (SSSR count). The van der Waals surface area contributed by atoms with Crippen LogP contribution >= 0.6 is 11.8 Å². The highest BCUT2D eigenvalue weighted by atomic mass is 32.2. The highest BCUT2D eigenvalue weighted by molar-refractivity contribution is 8.00. The fourth-order valence-electron chi connectivity index (χ4n) is 2.29. The molecule has 0 saturated carbocycles. The number of carboxylic acid groups (broad SMARTS) is 1. The standard InChI is InChI=1S/C14H26N2O3S/c1-5-14(6-2,11(17)18)15-12(19)16-8-7-13(3,4)20-10-9-16/h5-10H2,1-4H3,(H,15,19)(H,17,18). The number of nitrogens with one attached hydrogen (secondary N) is 1. The van der Waals surface area contributed by atoms with E-state index in [0.717, 1.165) is 12.2 Å². The molecule has 2 amide bonds. The lowest BCUT2D eigenvalue weighted by Gasteiger charge is -2.31. The van der Waals surface area contributed by atoms with Gasteiger partial charge in [0.15, 0.2) is 0 Å². The molecule has 1 aliphatic heterocycles. The molecule has 1 saturated heterocycles. The summed E-state index contributed by atoms with van der Waals surface area (Å²) in [4.78, 5) is 25.5. The van der Waals surface area contributed by atoms with Gasteiger partial charge in [-0.3, -0.25) is 0 Å². The molecule has 2 N–H and O–H groups in total. The summed E-state index contributed by atoms with van der Waals surface area (Å²) in [6.45, 7) is 9.29. The average molecular weight is 302 g/mol. The van der Waals surface area contributed by atoms with Crippen molar-refractivity contribution in [2.75, 3.05) is 18.8 Å². The number of carbonyl (C=O) groups is 2. The molecular weight excluding hydrogens is 276 g/mol. The monoisotopic (exact) mass is 302 g/mol. The predicted octanol–water partition coefficient (Wildman–Crippen LogP) is 2.56. The summed E-state index contributed by atoms with van der Waals surface area (Å²) in [6.07, 6.45) is 1.70. The molecule has 1 heterocycles. The predicted molar refractivity (Wildman–Crippen MR) is 82.2 cm³/mol. The topological polar surface area (TPSA) is 69.6 Å². The molecule has 20 heavy (non-hydrogen) atoms. The second-order valence-corrected chi connectivity index (χ2v) is 7.67. The maximum absolute atomic E-state index is 12.3. The number of rotatable bonds is 4. The van der Waals surface area contributed by atoms with Crippen molar-refractivity contribution in [1.82, 2.24) is 10.2 Å². The summed E-state index contributed by atoms with van der Waals surface area (Å²) in [5, 5.41) is 12.1. The Labute approximate surface area is 125 Å². The second kappa shape index (κ2) is 6.70. The molecule has 0 aromatic heterocycles. The lowest BCUT2D eigenvalue weighted by molar-refractivity contribution is -0.144. The normalized spacial score (nSPS) is 19.3. The number of urea groups is 1. The van der Waals surface area contributed by atoms with Crippen molar-refractivity contribution in [3.63, 3.8) is 0 Å². The molecule has 0 atom stereocenters. The van der Waals surface area contributed by atoms with Crippen molar-refractivity contribution in [1.29, 1.82) is 0 Å². The van der Waals surface area contributed by atoms with E-state index in [0.29, 0.717) is 25.9 Å². The van der Waals surface area contributed by atoms with E-state index in [2.05, 4.69) is 19.2 Å². The van der Waals surface area contributed by atoms with Gasteiger partial charge in [-0.25, -0.2) is 9.59 Å². The summed E-state index contributed by atoms with van der Waals surface area (Å²) in [5.41, 5.74) is -1.15. The summed E-state index contributed by atoms with van der Waals surface area (Å²) < 4.78 is 0.175. The highest BCUT2D eigenvalue weighted by Crippen LogP contribution is 2.30. The van der Waals surface area contributed by atoms with Crippen LogP contribution < -0.4 is 5.32 Å². The van der Waals surface area contributed by atoms with Gasteiger partial charge in [-0.15, -0.1) is 0 Å². The number of carbonyl (C=O) groups excluding carboxylic acids is 1. The summed E-state index contributed by atoms with van der Waals surface area (Å²) >= 11 is 1.86. The molecule has 1 aliphatic rings. The van der Waals surface area contributed by atoms with E-state index in [-0.39, 0.29) is 10.8 Å². The molecular formula is C14H26N2O3S. The summed E-state index contributed by atoms with van der Waals surface area (Å²) in [6, 6.07) is -0.255. The van der Waals surface area contributed by atoms with Gasteiger partial charge in [-0.2, -0.15) is 11.8 Å². The first-order chi connectivity index (χ1) is 9.26. The van der Waals surface area contributed by atoms with Crippen molar-refractivity contribution < 1.29 is 14.7 Å². The van der Waals surface area contributed by atoms with Crippen LogP contribution in [0.3, 0.4) is 0 Å². The number of nitrogens with zero attached hydrogens (tertiary/aromatic N) is 1. The number of carboxylic acids is 1. The van der Waals surface area contributed by atoms with E-state index in [1.165, 1.54) is 0 Å². The Kier molecular flexibility index (Phi) is 5.74. The van der Waals surface area contributed by atoms with Crippen LogP contribution in [0.1, 0.15) is 47.0 Å². The molecule has 0 aromatic rings. The Bertz CT molecular complexity index is 367. The third kappa shape index (κ3) is 4.04. The first-order valence-electron chi connectivity index (χ1n) is 7.21. The van der Waals surface area contributed by atoms with Gasteiger partial charge in [0.1, 0.15) is 5.54 Å². The van der Waals surface area contributed by atoms with Crippen LogP contribution in [0.15, 0.2) is 0 Å². The van der Waals surface area contributed by atoms with Crippen LogP contribution in [-0.4, -0.2) is 51.1 Å². The van der Waals surface area contributed by atoms with Crippen molar-refractivity contribution >= 4 is 23.8 Å². The first-order valence-corrected chi connectivity index (χ1v) is 8.19. The van der Waals surface area contributed by atoms with Crippen molar-refractivity contribution in [2.24, 2.45) is 0 Å². The molecule has 0 bridgehead atoms. The summed E-state index contributed by atoms with van der Waals surface area (Å²) in [7, 11) is 0. The molecule has 0 spiro atoms. The van der Waals surface area contributed by atoms with Crippen LogP contribution in [0.25, 0.3) is 0 Å². The van der Waals surface area contributed by atoms with Gasteiger partial charge < -0.3 is 15.3 Å². The largest absolute Gasteiger partial charge is 0.480 e. The molecule has 116 valence electrons. The van der Waals surface area contributed by atoms with Crippen molar-refractivity contribution in [3.05, 3.63) is 0 Å². The zero-order valence-electron chi connectivity index (χ0n) is 12.9. The SMILES string of the molecule is CCC(CC)(NC(=O)N1CCSC(C)(C)CC1)C(=O)O.